The Balaban J connectivity index is 2.20. The maximum absolute atomic E-state index is 9.47. The second kappa shape index (κ2) is 4.28. The van der Waals surface area contributed by atoms with Crippen molar-refractivity contribution in [3.63, 3.8) is 0 Å². The van der Waals surface area contributed by atoms with E-state index in [1.165, 1.54) is 0 Å². The molecule has 0 amide bonds. The molecular weight excluding hydrogens is 192 g/mol. The number of hydrogen-bond donors (Lipinski definition) is 2. The van der Waals surface area contributed by atoms with Crippen molar-refractivity contribution in [1.82, 2.24) is 20.1 Å². The summed E-state index contributed by atoms with van der Waals surface area (Å²) in [5.74, 6) is 1.92. The summed E-state index contributed by atoms with van der Waals surface area (Å²) in [6.45, 7) is 5.71. The van der Waals surface area contributed by atoms with E-state index in [0.29, 0.717) is 6.54 Å². The fraction of sp³-hybridized carbons (Fsp3) is 0.800. The van der Waals surface area contributed by atoms with E-state index < -0.39 is 0 Å². The molecule has 2 rings (SSSR count). The molecule has 0 saturated carbocycles. The highest BCUT2D eigenvalue weighted by molar-refractivity contribution is 5.03. The molecule has 2 atom stereocenters. The summed E-state index contributed by atoms with van der Waals surface area (Å²) in [4.78, 5) is 0. The lowest BCUT2D eigenvalue weighted by Gasteiger charge is -2.12. The molecule has 0 aromatic carbocycles. The van der Waals surface area contributed by atoms with Crippen LogP contribution in [-0.4, -0.2) is 32.5 Å². The van der Waals surface area contributed by atoms with Crippen LogP contribution in [0.25, 0.3) is 0 Å². The minimum atomic E-state index is -0.248. The standard InChI is InChI=1S/C10H18N4O/c1-3-4-14-7(2)12-13-10(14)9-5-8(15)6-11-9/h8-9,11,15H,3-6H2,1-2H3/t8-,9-/m0/s1. The molecule has 84 valence electrons. The molecule has 1 saturated heterocycles. The fourth-order valence-corrected chi connectivity index (χ4v) is 2.07. The van der Waals surface area contributed by atoms with Crippen molar-refractivity contribution in [3.8, 4) is 0 Å². The number of rotatable bonds is 3. The van der Waals surface area contributed by atoms with Crippen LogP contribution in [0.2, 0.25) is 0 Å². The molecule has 1 aliphatic rings. The second-order valence-corrected chi connectivity index (χ2v) is 4.11. The Hall–Kier alpha value is -0.940. The van der Waals surface area contributed by atoms with Crippen molar-refractivity contribution in [2.45, 2.75) is 45.4 Å². The minimum absolute atomic E-state index is 0.160. The van der Waals surface area contributed by atoms with Gasteiger partial charge in [-0.15, -0.1) is 10.2 Å². The summed E-state index contributed by atoms with van der Waals surface area (Å²) < 4.78 is 2.13. The number of hydrogen-bond acceptors (Lipinski definition) is 4. The van der Waals surface area contributed by atoms with Crippen LogP contribution < -0.4 is 5.32 Å². The monoisotopic (exact) mass is 210 g/mol. The molecule has 5 heteroatoms. The molecule has 5 nitrogen and oxygen atoms in total. The zero-order valence-corrected chi connectivity index (χ0v) is 9.27. The molecule has 0 unspecified atom stereocenters. The van der Waals surface area contributed by atoms with Gasteiger partial charge in [0.15, 0.2) is 0 Å². The fourth-order valence-electron chi connectivity index (χ4n) is 2.07. The van der Waals surface area contributed by atoms with Gasteiger partial charge in [0.1, 0.15) is 11.6 Å². The van der Waals surface area contributed by atoms with Crippen LogP contribution in [0, 0.1) is 6.92 Å². The first kappa shape index (κ1) is 10.6. The van der Waals surface area contributed by atoms with E-state index in [-0.39, 0.29) is 12.1 Å². The largest absolute Gasteiger partial charge is 0.392 e. The van der Waals surface area contributed by atoms with Crippen molar-refractivity contribution in [2.24, 2.45) is 0 Å². The predicted molar refractivity (Wildman–Crippen MR) is 56.4 cm³/mol. The van der Waals surface area contributed by atoms with Crippen LogP contribution in [0.15, 0.2) is 0 Å². The SMILES string of the molecule is CCCn1c(C)nnc1[C@@H]1C[C@H](O)CN1. The Bertz CT molecular complexity index is 336. The molecule has 1 aliphatic heterocycles. The topological polar surface area (TPSA) is 63.0 Å². The first-order valence-electron chi connectivity index (χ1n) is 5.53. The van der Waals surface area contributed by atoms with Crippen LogP contribution in [0.1, 0.15) is 37.5 Å². The second-order valence-electron chi connectivity index (χ2n) is 4.11. The number of aromatic nitrogens is 3. The van der Waals surface area contributed by atoms with Gasteiger partial charge >= 0.3 is 0 Å². The molecule has 0 aliphatic carbocycles. The molecule has 0 bridgehead atoms. The zero-order chi connectivity index (χ0) is 10.8. The highest BCUT2D eigenvalue weighted by atomic mass is 16.3. The predicted octanol–water partition coefficient (Wildman–Crippen LogP) is 0.392. The molecule has 1 aromatic rings. The van der Waals surface area contributed by atoms with Crippen LogP contribution in [0.4, 0.5) is 0 Å². The highest BCUT2D eigenvalue weighted by Gasteiger charge is 2.27. The first-order chi connectivity index (χ1) is 7.22. The molecule has 15 heavy (non-hydrogen) atoms. The van der Waals surface area contributed by atoms with Gasteiger partial charge in [-0.25, -0.2) is 0 Å². The summed E-state index contributed by atoms with van der Waals surface area (Å²) in [6, 6.07) is 0.160. The van der Waals surface area contributed by atoms with Gasteiger partial charge in [0.05, 0.1) is 12.1 Å². The Morgan fingerprint density at radius 3 is 2.93 bits per heavy atom. The van der Waals surface area contributed by atoms with Gasteiger partial charge in [0.25, 0.3) is 0 Å². The number of nitrogens with one attached hydrogen (secondary N) is 1. The average molecular weight is 210 g/mol. The average Bonchev–Trinajstić information content (AvgIpc) is 2.76. The van der Waals surface area contributed by atoms with Gasteiger partial charge in [-0.3, -0.25) is 0 Å². The van der Waals surface area contributed by atoms with Crippen LogP contribution >= 0.6 is 0 Å². The molecule has 0 spiro atoms. The van der Waals surface area contributed by atoms with E-state index in [0.717, 1.165) is 31.0 Å². The van der Waals surface area contributed by atoms with E-state index in [2.05, 4.69) is 27.0 Å². The number of aliphatic hydroxyl groups excluding tert-OH is 1. The summed E-state index contributed by atoms with van der Waals surface area (Å²) in [5, 5.41) is 21.0. The number of β-amino-alcohol motifs (C(OH)–C–C–N with tert-alkyl or cyclic N) is 1. The van der Waals surface area contributed by atoms with E-state index in [4.69, 9.17) is 0 Å². The quantitative estimate of drug-likeness (QED) is 0.757. The summed E-state index contributed by atoms with van der Waals surface area (Å²) in [6.07, 6.45) is 1.56. The summed E-state index contributed by atoms with van der Waals surface area (Å²) in [7, 11) is 0. The lowest BCUT2D eigenvalue weighted by Crippen LogP contribution is -2.19. The van der Waals surface area contributed by atoms with E-state index in [9.17, 15) is 5.11 Å². The minimum Gasteiger partial charge on any atom is -0.392 e. The molecule has 2 heterocycles. The van der Waals surface area contributed by atoms with Crippen LogP contribution in [0.5, 0.6) is 0 Å². The molecule has 2 N–H and O–H groups in total. The van der Waals surface area contributed by atoms with Crippen molar-refractivity contribution >= 4 is 0 Å². The highest BCUT2D eigenvalue weighted by Crippen LogP contribution is 2.22. The van der Waals surface area contributed by atoms with E-state index >= 15 is 0 Å². The lowest BCUT2D eigenvalue weighted by molar-refractivity contribution is 0.192. The molecule has 0 radical (unpaired) electrons. The van der Waals surface area contributed by atoms with E-state index in [1.54, 1.807) is 0 Å². The lowest BCUT2D eigenvalue weighted by atomic mass is 10.2. The van der Waals surface area contributed by atoms with Crippen LogP contribution in [0.3, 0.4) is 0 Å². The van der Waals surface area contributed by atoms with E-state index in [1.807, 2.05) is 6.92 Å². The Morgan fingerprint density at radius 2 is 2.33 bits per heavy atom. The number of nitrogens with zero attached hydrogens (tertiary/aromatic N) is 3. The third-order valence-corrected chi connectivity index (χ3v) is 2.83. The Labute approximate surface area is 89.5 Å². The van der Waals surface area contributed by atoms with Crippen molar-refractivity contribution < 1.29 is 5.11 Å². The van der Waals surface area contributed by atoms with Crippen LogP contribution in [-0.2, 0) is 6.54 Å². The summed E-state index contributed by atoms with van der Waals surface area (Å²) >= 11 is 0. The first-order valence-corrected chi connectivity index (χ1v) is 5.53. The maximum Gasteiger partial charge on any atom is 0.150 e. The van der Waals surface area contributed by atoms with Gasteiger partial charge < -0.3 is 15.0 Å². The third-order valence-electron chi connectivity index (χ3n) is 2.83. The van der Waals surface area contributed by atoms with Gasteiger partial charge in [0.2, 0.25) is 0 Å². The summed E-state index contributed by atoms with van der Waals surface area (Å²) in [5.41, 5.74) is 0. The zero-order valence-electron chi connectivity index (χ0n) is 9.27. The Morgan fingerprint density at radius 1 is 1.53 bits per heavy atom. The van der Waals surface area contributed by atoms with Crippen molar-refractivity contribution in [2.75, 3.05) is 6.54 Å². The maximum atomic E-state index is 9.47. The number of aryl methyl sites for hydroxylation is 1. The van der Waals surface area contributed by atoms with Gasteiger partial charge in [-0.05, 0) is 19.8 Å². The van der Waals surface area contributed by atoms with Crippen molar-refractivity contribution in [3.05, 3.63) is 11.6 Å². The van der Waals surface area contributed by atoms with Gasteiger partial charge in [0, 0.05) is 13.1 Å². The molecular formula is C10H18N4O. The van der Waals surface area contributed by atoms with Gasteiger partial charge in [-0.2, -0.15) is 0 Å². The Kier molecular flexibility index (Phi) is 3.02. The number of aliphatic hydroxyl groups is 1. The van der Waals surface area contributed by atoms with Gasteiger partial charge in [-0.1, -0.05) is 6.92 Å². The third kappa shape index (κ3) is 2.03. The molecule has 1 fully saturated rings. The molecule has 1 aromatic heterocycles. The van der Waals surface area contributed by atoms with Crippen molar-refractivity contribution in [1.29, 1.82) is 0 Å². The normalized spacial score (nSPS) is 26.1. The smallest absolute Gasteiger partial charge is 0.150 e.